The van der Waals surface area contributed by atoms with Crippen molar-refractivity contribution in [3.05, 3.63) is 91.1 Å². The molecule has 2 N–H and O–H groups in total. The number of nitro groups is 1. The predicted octanol–water partition coefficient (Wildman–Crippen LogP) is 4.42. The van der Waals surface area contributed by atoms with Gasteiger partial charge in [0.2, 0.25) is 5.91 Å². The number of benzene rings is 2. The Kier molecular flexibility index (Phi) is 6.58. The summed E-state index contributed by atoms with van der Waals surface area (Å²) in [5.74, 6) is -0.570. The Labute approximate surface area is 175 Å². The molecule has 1 heterocycles. The Bertz CT molecular complexity index is 1040. The summed E-state index contributed by atoms with van der Waals surface area (Å²) >= 11 is 7.56. The molecule has 2 amide bonds. The number of hydrogen-bond acceptors (Lipinski definition) is 5. The van der Waals surface area contributed by atoms with Crippen LogP contribution in [0.1, 0.15) is 20.8 Å². The first kappa shape index (κ1) is 20.5. The number of rotatable bonds is 7. The molecule has 3 aromatic rings. The van der Waals surface area contributed by atoms with E-state index in [0.717, 1.165) is 16.5 Å². The van der Waals surface area contributed by atoms with E-state index in [4.69, 9.17) is 11.6 Å². The van der Waals surface area contributed by atoms with Crippen molar-refractivity contribution in [3.63, 3.8) is 0 Å². The first-order valence-corrected chi connectivity index (χ1v) is 9.81. The van der Waals surface area contributed by atoms with E-state index in [0.29, 0.717) is 12.2 Å². The van der Waals surface area contributed by atoms with E-state index < -0.39 is 10.8 Å². The fourth-order valence-corrected chi connectivity index (χ4v) is 3.46. The van der Waals surface area contributed by atoms with Crippen molar-refractivity contribution < 1.29 is 14.5 Å². The summed E-state index contributed by atoms with van der Waals surface area (Å²) in [6.07, 6.45) is 0.230. The Hall–Kier alpha value is -3.23. The second-order valence-electron chi connectivity index (χ2n) is 6.11. The van der Waals surface area contributed by atoms with Crippen LogP contribution in [-0.4, -0.2) is 16.7 Å². The van der Waals surface area contributed by atoms with E-state index in [9.17, 15) is 19.7 Å². The first-order chi connectivity index (χ1) is 13.9. The third-order valence-electron chi connectivity index (χ3n) is 4.02. The van der Waals surface area contributed by atoms with Crippen molar-refractivity contribution in [1.29, 1.82) is 0 Å². The molecule has 0 bridgehead atoms. The highest BCUT2D eigenvalue weighted by Crippen LogP contribution is 2.23. The molecule has 0 atom stereocenters. The van der Waals surface area contributed by atoms with Gasteiger partial charge in [0.1, 0.15) is 0 Å². The van der Waals surface area contributed by atoms with E-state index in [1.54, 1.807) is 35.6 Å². The predicted molar refractivity (Wildman–Crippen MR) is 112 cm³/mol. The van der Waals surface area contributed by atoms with Crippen LogP contribution in [-0.2, 0) is 17.8 Å². The largest absolute Gasteiger partial charge is 0.351 e. The van der Waals surface area contributed by atoms with Gasteiger partial charge < -0.3 is 10.6 Å². The molecular weight excluding hydrogens is 414 g/mol. The zero-order valence-corrected chi connectivity index (χ0v) is 16.6. The molecule has 0 aliphatic carbocycles. The Morgan fingerprint density at radius 2 is 1.86 bits per heavy atom. The number of carbonyl (C=O) groups is 2. The second-order valence-corrected chi connectivity index (χ2v) is 7.54. The highest BCUT2D eigenvalue weighted by molar-refractivity contribution is 7.09. The van der Waals surface area contributed by atoms with Crippen molar-refractivity contribution in [1.82, 2.24) is 5.32 Å². The normalized spacial score (nSPS) is 10.4. The van der Waals surface area contributed by atoms with E-state index in [2.05, 4.69) is 10.6 Å². The molecule has 0 saturated heterocycles. The molecule has 0 fully saturated rings. The quantitative estimate of drug-likeness (QED) is 0.428. The molecule has 3 rings (SSSR count). The molecule has 0 saturated carbocycles. The van der Waals surface area contributed by atoms with Crippen molar-refractivity contribution in [2.75, 3.05) is 5.32 Å². The third-order valence-corrected chi connectivity index (χ3v) is 5.21. The number of hydrogen-bond donors (Lipinski definition) is 2. The van der Waals surface area contributed by atoms with Gasteiger partial charge in [-0.25, -0.2) is 0 Å². The summed E-state index contributed by atoms with van der Waals surface area (Å²) in [4.78, 5) is 35.6. The van der Waals surface area contributed by atoms with E-state index in [1.165, 1.54) is 12.1 Å². The standard InChI is InChI=1S/C20H16ClN3O4S/c21-18-11-15(24(27)28)7-8-17(18)20(26)23-14-5-3-13(4-6-14)10-19(25)22-12-16-2-1-9-29-16/h1-9,11H,10,12H2,(H,22,25)(H,23,26). The van der Waals surface area contributed by atoms with Gasteiger partial charge in [0.05, 0.1) is 28.5 Å². The number of non-ortho nitro benzene ring substituents is 1. The van der Waals surface area contributed by atoms with Crippen LogP contribution in [0.4, 0.5) is 11.4 Å². The minimum atomic E-state index is -0.580. The maximum Gasteiger partial charge on any atom is 0.270 e. The van der Waals surface area contributed by atoms with Crippen LogP contribution < -0.4 is 10.6 Å². The average Bonchev–Trinajstić information content (AvgIpc) is 3.21. The molecule has 29 heavy (non-hydrogen) atoms. The lowest BCUT2D eigenvalue weighted by atomic mass is 10.1. The van der Waals surface area contributed by atoms with Gasteiger partial charge in [-0.1, -0.05) is 29.8 Å². The highest BCUT2D eigenvalue weighted by Gasteiger charge is 2.15. The molecule has 0 aliphatic rings. The smallest absolute Gasteiger partial charge is 0.270 e. The van der Waals surface area contributed by atoms with Crippen molar-refractivity contribution in [2.45, 2.75) is 13.0 Å². The zero-order valence-electron chi connectivity index (χ0n) is 15.1. The lowest BCUT2D eigenvalue weighted by molar-refractivity contribution is -0.384. The van der Waals surface area contributed by atoms with Gasteiger partial charge in [-0.05, 0) is 35.2 Å². The topological polar surface area (TPSA) is 101 Å². The molecular formula is C20H16ClN3O4S. The van der Waals surface area contributed by atoms with Gasteiger partial charge in [-0.3, -0.25) is 19.7 Å². The SMILES string of the molecule is O=C(Cc1ccc(NC(=O)c2ccc([N+](=O)[O-])cc2Cl)cc1)NCc1cccs1. The van der Waals surface area contributed by atoms with Gasteiger partial charge in [0, 0.05) is 22.7 Å². The van der Waals surface area contributed by atoms with Crippen LogP contribution in [0, 0.1) is 10.1 Å². The van der Waals surface area contributed by atoms with Gasteiger partial charge in [0.25, 0.3) is 11.6 Å². The summed E-state index contributed by atoms with van der Waals surface area (Å²) < 4.78 is 0. The summed E-state index contributed by atoms with van der Waals surface area (Å²) in [7, 11) is 0. The van der Waals surface area contributed by atoms with Crippen molar-refractivity contribution in [3.8, 4) is 0 Å². The van der Waals surface area contributed by atoms with Crippen LogP contribution in [0.15, 0.2) is 60.0 Å². The molecule has 9 heteroatoms. The summed E-state index contributed by atoms with van der Waals surface area (Å²) in [5.41, 5.74) is 1.27. The van der Waals surface area contributed by atoms with E-state index in [-0.39, 0.29) is 28.6 Å². The number of nitro benzene ring substituents is 1. The van der Waals surface area contributed by atoms with Crippen molar-refractivity contribution in [2.24, 2.45) is 0 Å². The number of nitrogens with one attached hydrogen (secondary N) is 2. The summed E-state index contributed by atoms with van der Waals surface area (Å²) in [5, 5.41) is 18.2. The lowest BCUT2D eigenvalue weighted by Crippen LogP contribution is -2.24. The maximum atomic E-state index is 12.3. The van der Waals surface area contributed by atoms with Gasteiger partial charge >= 0.3 is 0 Å². The Morgan fingerprint density at radius 3 is 2.48 bits per heavy atom. The molecule has 7 nitrogen and oxygen atoms in total. The monoisotopic (exact) mass is 429 g/mol. The van der Waals surface area contributed by atoms with Crippen LogP contribution in [0.5, 0.6) is 0 Å². The second kappa shape index (κ2) is 9.31. The fourth-order valence-electron chi connectivity index (χ4n) is 2.55. The average molecular weight is 430 g/mol. The summed E-state index contributed by atoms with van der Waals surface area (Å²) in [6, 6.07) is 14.4. The van der Waals surface area contributed by atoms with Crippen LogP contribution in [0.2, 0.25) is 5.02 Å². The third kappa shape index (κ3) is 5.63. The Balaban J connectivity index is 1.56. The molecule has 1 aromatic heterocycles. The Morgan fingerprint density at radius 1 is 1.10 bits per heavy atom. The minimum absolute atomic E-state index is 0.00395. The lowest BCUT2D eigenvalue weighted by Gasteiger charge is -2.08. The maximum absolute atomic E-state index is 12.3. The number of anilines is 1. The van der Waals surface area contributed by atoms with E-state index >= 15 is 0 Å². The number of nitrogens with zero attached hydrogens (tertiary/aromatic N) is 1. The molecule has 148 valence electrons. The minimum Gasteiger partial charge on any atom is -0.351 e. The molecule has 0 unspecified atom stereocenters. The molecule has 0 aliphatic heterocycles. The van der Waals surface area contributed by atoms with Crippen molar-refractivity contribution >= 4 is 46.1 Å². The molecule has 2 aromatic carbocycles. The number of carbonyl (C=O) groups excluding carboxylic acids is 2. The number of thiophene rings is 1. The molecule has 0 spiro atoms. The van der Waals surface area contributed by atoms with Crippen LogP contribution in [0.25, 0.3) is 0 Å². The van der Waals surface area contributed by atoms with Gasteiger partial charge in [-0.2, -0.15) is 0 Å². The van der Waals surface area contributed by atoms with E-state index in [1.807, 2.05) is 17.5 Å². The number of amides is 2. The first-order valence-electron chi connectivity index (χ1n) is 8.55. The fraction of sp³-hybridized carbons (Fsp3) is 0.100. The highest BCUT2D eigenvalue weighted by atomic mass is 35.5. The van der Waals surface area contributed by atoms with Crippen LogP contribution in [0.3, 0.4) is 0 Å². The summed E-state index contributed by atoms with van der Waals surface area (Å²) in [6.45, 7) is 0.501. The number of halogens is 1. The van der Waals surface area contributed by atoms with Gasteiger partial charge in [-0.15, -0.1) is 11.3 Å². The van der Waals surface area contributed by atoms with Gasteiger partial charge in [0.15, 0.2) is 0 Å². The molecule has 0 radical (unpaired) electrons. The van der Waals surface area contributed by atoms with Crippen LogP contribution >= 0.6 is 22.9 Å². The zero-order chi connectivity index (χ0) is 20.8.